The second kappa shape index (κ2) is 10.7. The summed E-state index contributed by atoms with van der Waals surface area (Å²) in [6.07, 6.45) is 2.47. The average molecular weight is 413 g/mol. The average Bonchev–Trinajstić information content (AvgIpc) is 3.18. The summed E-state index contributed by atoms with van der Waals surface area (Å²) in [7, 11) is 3.02. The van der Waals surface area contributed by atoms with Gasteiger partial charge in [0.05, 0.1) is 20.8 Å². The van der Waals surface area contributed by atoms with Crippen LogP contribution in [0.3, 0.4) is 0 Å². The number of amides is 1. The lowest BCUT2D eigenvalue weighted by molar-refractivity contribution is -0.121. The number of allylic oxidation sites excluding steroid dienone is 1. The van der Waals surface area contributed by atoms with Crippen LogP contribution in [0.1, 0.15) is 34.8 Å². The van der Waals surface area contributed by atoms with Crippen LogP contribution in [0.15, 0.2) is 29.2 Å². The Bertz CT molecular complexity index is 974. The van der Waals surface area contributed by atoms with Crippen molar-refractivity contribution in [2.75, 3.05) is 20.8 Å². The molecule has 1 aromatic heterocycles. The lowest BCUT2D eigenvalue weighted by Crippen LogP contribution is -2.22. The zero-order valence-electron chi connectivity index (χ0n) is 17.1. The molecule has 9 heteroatoms. The number of carbonyl (C=O) groups excluding carboxylic acids is 2. The molecule has 0 spiro atoms. The molecule has 0 radical (unpaired) electrons. The highest BCUT2D eigenvalue weighted by atomic mass is 16.5. The molecule has 1 N–H and O–H groups in total. The lowest BCUT2D eigenvalue weighted by atomic mass is 10.1. The topological polar surface area (TPSA) is 124 Å². The number of nitriles is 1. The van der Waals surface area contributed by atoms with Crippen molar-refractivity contribution in [1.29, 1.82) is 5.26 Å². The number of methoxy groups -OCH3 is 2. The summed E-state index contributed by atoms with van der Waals surface area (Å²) in [4.78, 5) is 28.4. The first-order chi connectivity index (χ1) is 14.4. The number of hydrogen-bond acceptors (Lipinski definition) is 8. The summed E-state index contributed by atoms with van der Waals surface area (Å²) in [6, 6.07) is 5.12. The molecule has 0 atom stereocenters. The van der Waals surface area contributed by atoms with Gasteiger partial charge in [0.15, 0.2) is 29.6 Å². The predicted octanol–water partition coefficient (Wildman–Crippen LogP) is 2.93. The van der Waals surface area contributed by atoms with E-state index in [1.165, 1.54) is 14.2 Å². The van der Waals surface area contributed by atoms with Gasteiger partial charge in [-0.1, -0.05) is 6.08 Å². The Kier molecular flexibility index (Phi) is 7.99. The maximum Gasteiger partial charge on any atom is 0.362 e. The molecule has 2 aromatic rings. The Morgan fingerprint density at radius 3 is 2.73 bits per heavy atom. The first kappa shape index (κ1) is 22.5. The number of carbonyl (C=O) groups is 2. The number of rotatable bonds is 10. The Morgan fingerprint density at radius 2 is 2.10 bits per heavy atom. The van der Waals surface area contributed by atoms with E-state index in [2.05, 4.69) is 16.9 Å². The summed E-state index contributed by atoms with van der Waals surface area (Å²) in [6.45, 7) is 4.95. The third kappa shape index (κ3) is 5.38. The Balaban J connectivity index is 2.41. The number of ether oxygens (including phenoxy) is 3. The van der Waals surface area contributed by atoms with Gasteiger partial charge in [0.1, 0.15) is 6.07 Å². The maximum absolute atomic E-state index is 12.4. The quantitative estimate of drug-likeness (QED) is 0.466. The van der Waals surface area contributed by atoms with Crippen LogP contribution in [0.25, 0.3) is 11.3 Å². The van der Waals surface area contributed by atoms with Crippen molar-refractivity contribution in [3.8, 4) is 28.9 Å². The van der Waals surface area contributed by atoms with E-state index in [0.29, 0.717) is 23.5 Å². The Morgan fingerprint density at radius 1 is 1.33 bits per heavy atom. The molecule has 0 aliphatic heterocycles. The summed E-state index contributed by atoms with van der Waals surface area (Å²) in [5.74, 6) is 0.228. The molecule has 0 unspecified atom stereocenters. The van der Waals surface area contributed by atoms with Crippen LogP contribution in [-0.4, -0.2) is 37.7 Å². The summed E-state index contributed by atoms with van der Waals surface area (Å²) in [5.41, 5.74) is 1.15. The lowest BCUT2D eigenvalue weighted by Gasteiger charge is -2.12. The molecule has 0 saturated heterocycles. The van der Waals surface area contributed by atoms with Gasteiger partial charge in [-0.2, -0.15) is 5.26 Å². The maximum atomic E-state index is 12.4. The zero-order chi connectivity index (χ0) is 22.1. The number of nitrogens with zero attached hydrogens (tertiary/aromatic N) is 2. The number of oxazole rings is 1. The van der Waals surface area contributed by atoms with Gasteiger partial charge < -0.3 is 23.9 Å². The van der Waals surface area contributed by atoms with E-state index in [9.17, 15) is 9.59 Å². The second-order valence-corrected chi connectivity index (χ2v) is 6.15. The van der Waals surface area contributed by atoms with Crippen LogP contribution in [0, 0.1) is 18.3 Å². The molecular formula is C21H23N3O6. The molecule has 1 aromatic carbocycles. The third-order valence-corrected chi connectivity index (χ3v) is 4.07. The van der Waals surface area contributed by atoms with Crippen molar-refractivity contribution in [3.05, 3.63) is 41.9 Å². The highest BCUT2D eigenvalue weighted by Crippen LogP contribution is 2.37. The third-order valence-electron chi connectivity index (χ3n) is 4.07. The van der Waals surface area contributed by atoms with Crippen molar-refractivity contribution in [2.24, 2.45) is 0 Å². The number of aromatic nitrogens is 1. The molecule has 9 nitrogen and oxygen atoms in total. The van der Waals surface area contributed by atoms with Crippen LogP contribution in [0.2, 0.25) is 0 Å². The SMILES string of the molecule is C=CCCC(=O)NCc1nc(C(=O)OCC#N)c(-c2cc(C)c(OC)c(OC)c2)o1. The molecule has 0 aliphatic carbocycles. The smallest absolute Gasteiger partial charge is 0.362 e. The van der Waals surface area contributed by atoms with Gasteiger partial charge >= 0.3 is 5.97 Å². The summed E-state index contributed by atoms with van der Waals surface area (Å²) >= 11 is 0. The Hall–Kier alpha value is -3.80. The summed E-state index contributed by atoms with van der Waals surface area (Å²) in [5, 5.41) is 11.3. The highest BCUT2D eigenvalue weighted by molar-refractivity contribution is 5.94. The van der Waals surface area contributed by atoms with Crippen LogP contribution in [0.4, 0.5) is 0 Å². The summed E-state index contributed by atoms with van der Waals surface area (Å²) < 4.78 is 21.3. The minimum atomic E-state index is -0.813. The van der Waals surface area contributed by atoms with Gasteiger partial charge in [0.2, 0.25) is 11.8 Å². The number of hydrogen-bond donors (Lipinski definition) is 1. The van der Waals surface area contributed by atoms with Crippen molar-refractivity contribution in [1.82, 2.24) is 10.3 Å². The first-order valence-corrected chi connectivity index (χ1v) is 9.09. The minimum absolute atomic E-state index is 0.0131. The van der Waals surface area contributed by atoms with E-state index < -0.39 is 12.6 Å². The van der Waals surface area contributed by atoms with Gasteiger partial charge in [-0.15, -0.1) is 6.58 Å². The van der Waals surface area contributed by atoms with E-state index in [1.807, 2.05) is 6.92 Å². The van der Waals surface area contributed by atoms with Gasteiger partial charge in [0, 0.05) is 12.0 Å². The van der Waals surface area contributed by atoms with Crippen LogP contribution >= 0.6 is 0 Å². The molecular weight excluding hydrogens is 390 g/mol. The van der Waals surface area contributed by atoms with Gasteiger partial charge in [-0.25, -0.2) is 9.78 Å². The number of benzene rings is 1. The molecule has 0 aliphatic rings. The fraction of sp³-hybridized carbons (Fsp3) is 0.333. The van der Waals surface area contributed by atoms with E-state index in [-0.39, 0.29) is 36.2 Å². The largest absolute Gasteiger partial charge is 0.493 e. The Labute approximate surface area is 174 Å². The van der Waals surface area contributed by atoms with E-state index in [0.717, 1.165) is 5.56 Å². The number of esters is 1. The fourth-order valence-electron chi connectivity index (χ4n) is 2.72. The van der Waals surface area contributed by atoms with Crippen LogP contribution in [0.5, 0.6) is 11.5 Å². The highest BCUT2D eigenvalue weighted by Gasteiger charge is 2.25. The van der Waals surface area contributed by atoms with E-state index >= 15 is 0 Å². The van der Waals surface area contributed by atoms with Crippen molar-refractivity contribution >= 4 is 11.9 Å². The fourth-order valence-corrected chi connectivity index (χ4v) is 2.72. The normalized spacial score (nSPS) is 10.1. The number of aryl methyl sites for hydroxylation is 1. The standard InChI is InChI=1S/C21H23N3O6/c1-5-6-7-16(25)23-12-17-24-18(21(26)29-9-8-22)20(30-17)14-10-13(2)19(28-4)15(11-14)27-3/h5,10-11H,1,6-7,9,12H2,2-4H3,(H,23,25). The molecule has 158 valence electrons. The van der Waals surface area contributed by atoms with Crippen LogP contribution in [-0.2, 0) is 16.1 Å². The first-order valence-electron chi connectivity index (χ1n) is 9.09. The van der Waals surface area contributed by atoms with Crippen molar-refractivity contribution in [3.63, 3.8) is 0 Å². The van der Waals surface area contributed by atoms with Gasteiger partial charge in [0.25, 0.3) is 0 Å². The monoisotopic (exact) mass is 413 g/mol. The minimum Gasteiger partial charge on any atom is -0.493 e. The molecule has 1 heterocycles. The van der Waals surface area contributed by atoms with Crippen molar-refractivity contribution in [2.45, 2.75) is 26.3 Å². The van der Waals surface area contributed by atoms with Gasteiger partial charge in [-0.3, -0.25) is 4.79 Å². The van der Waals surface area contributed by atoms with Crippen molar-refractivity contribution < 1.29 is 28.2 Å². The molecule has 0 saturated carbocycles. The molecule has 0 fully saturated rings. The zero-order valence-corrected chi connectivity index (χ0v) is 17.1. The van der Waals surface area contributed by atoms with Gasteiger partial charge in [-0.05, 0) is 31.0 Å². The van der Waals surface area contributed by atoms with E-state index in [1.54, 1.807) is 24.3 Å². The molecule has 0 bridgehead atoms. The predicted molar refractivity (Wildman–Crippen MR) is 107 cm³/mol. The number of nitrogens with one attached hydrogen (secondary N) is 1. The molecule has 30 heavy (non-hydrogen) atoms. The molecule has 2 rings (SSSR count). The second-order valence-electron chi connectivity index (χ2n) is 6.15. The van der Waals surface area contributed by atoms with E-state index in [4.69, 9.17) is 23.9 Å². The van der Waals surface area contributed by atoms with Crippen LogP contribution < -0.4 is 14.8 Å². The molecule has 1 amide bonds.